The molecular formula is C14H21N5O. The molecule has 108 valence electrons. The Labute approximate surface area is 118 Å². The van der Waals surface area contributed by atoms with Gasteiger partial charge in [-0.3, -0.25) is 4.90 Å². The van der Waals surface area contributed by atoms with E-state index in [0.29, 0.717) is 5.56 Å². The summed E-state index contributed by atoms with van der Waals surface area (Å²) in [5.41, 5.74) is 6.18. The van der Waals surface area contributed by atoms with Gasteiger partial charge in [0.25, 0.3) is 0 Å². The number of anilines is 1. The van der Waals surface area contributed by atoms with Gasteiger partial charge in [-0.2, -0.15) is 0 Å². The third-order valence-electron chi connectivity index (χ3n) is 4.06. The minimum absolute atomic E-state index is 0.0957. The standard InChI is InChI=1S/C14H21N5O/c15-14(17-20)12-3-4-13(16-9-12)19-7-5-18(6-8-19)10-11-1-2-11/h3-4,9,11,20H,1-2,5-8,10H2,(H2,15,17). The van der Waals surface area contributed by atoms with Crippen molar-refractivity contribution in [1.29, 1.82) is 0 Å². The number of hydrogen-bond acceptors (Lipinski definition) is 5. The minimum atomic E-state index is 0.0957. The topological polar surface area (TPSA) is 78.0 Å². The van der Waals surface area contributed by atoms with E-state index < -0.39 is 0 Å². The van der Waals surface area contributed by atoms with Crippen LogP contribution < -0.4 is 10.6 Å². The van der Waals surface area contributed by atoms with E-state index in [0.717, 1.165) is 37.9 Å². The Bertz CT molecular complexity index is 475. The van der Waals surface area contributed by atoms with Crippen LogP contribution in [-0.2, 0) is 0 Å². The summed E-state index contributed by atoms with van der Waals surface area (Å²) in [4.78, 5) is 9.25. The summed E-state index contributed by atoms with van der Waals surface area (Å²) in [6.07, 6.45) is 4.48. The van der Waals surface area contributed by atoms with Gasteiger partial charge in [-0.05, 0) is 30.9 Å². The van der Waals surface area contributed by atoms with Gasteiger partial charge in [0, 0.05) is 44.5 Å². The Hall–Kier alpha value is -1.82. The maximum absolute atomic E-state index is 8.63. The molecular weight excluding hydrogens is 254 g/mol. The predicted octanol–water partition coefficient (Wildman–Crippen LogP) is 0.708. The highest BCUT2D eigenvalue weighted by molar-refractivity contribution is 5.96. The number of pyridine rings is 1. The molecule has 1 aromatic heterocycles. The summed E-state index contributed by atoms with van der Waals surface area (Å²) in [5, 5.41) is 11.6. The smallest absolute Gasteiger partial charge is 0.171 e. The van der Waals surface area contributed by atoms with Crippen molar-refractivity contribution in [3.63, 3.8) is 0 Å². The molecule has 0 spiro atoms. The lowest BCUT2D eigenvalue weighted by molar-refractivity contribution is 0.247. The Morgan fingerprint density at radius 1 is 1.30 bits per heavy atom. The lowest BCUT2D eigenvalue weighted by atomic mass is 10.2. The lowest BCUT2D eigenvalue weighted by Gasteiger charge is -2.35. The number of piperazine rings is 1. The molecule has 3 rings (SSSR count). The summed E-state index contributed by atoms with van der Waals surface area (Å²) >= 11 is 0. The number of nitrogens with zero attached hydrogens (tertiary/aromatic N) is 4. The van der Waals surface area contributed by atoms with Crippen LogP contribution in [0.25, 0.3) is 0 Å². The summed E-state index contributed by atoms with van der Waals surface area (Å²) < 4.78 is 0. The van der Waals surface area contributed by atoms with Crippen molar-refractivity contribution in [3.8, 4) is 0 Å². The van der Waals surface area contributed by atoms with Crippen LogP contribution in [0.1, 0.15) is 18.4 Å². The summed E-state index contributed by atoms with van der Waals surface area (Å²) in [5.74, 6) is 2.02. The molecule has 2 fully saturated rings. The first-order valence-electron chi connectivity index (χ1n) is 7.17. The SMILES string of the molecule is NC(=NO)c1ccc(N2CCN(CC3CC3)CC2)nc1. The van der Waals surface area contributed by atoms with Gasteiger partial charge in [-0.1, -0.05) is 5.16 Å². The van der Waals surface area contributed by atoms with E-state index in [4.69, 9.17) is 10.9 Å². The van der Waals surface area contributed by atoms with Crippen LogP contribution in [0.4, 0.5) is 5.82 Å². The van der Waals surface area contributed by atoms with E-state index in [2.05, 4.69) is 19.9 Å². The molecule has 1 aliphatic heterocycles. The zero-order valence-corrected chi connectivity index (χ0v) is 11.6. The van der Waals surface area contributed by atoms with Gasteiger partial charge in [0.15, 0.2) is 5.84 Å². The third kappa shape index (κ3) is 3.01. The van der Waals surface area contributed by atoms with Gasteiger partial charge in [0.2, 0.25) is 0 Å². The van der Waals surface area contributed by atoms with Crippen LogP contribution in [0, 0.1) is 5.92 Å². The highest BCUT2D eigenvalue weighted by atomic mass is 16.4. The summed E-state index contributed by atoms with van der Waals surface area (Å²) in [6, 6.07) is 3.78. The highest BCUT2D eigenvalue weighted by Gasteiger charge is 2.26. The first-order valence-corrected chi connectivity index (χ1v) is 7.17. The van der Waals surface area contributed by atoms with Gasteiger partial charge in [-0.25, -0.2) is 4.98 Å². The van der Waals surface area contributed by atoms with E-state index >= 15 is 0 Å². The lowest BCUT2D eigenvalue weighted by Crippen LogP contribution is -2.47. The molecule has 2 heterocycles. The van der Waals surface area contributed by atoms with Crippen LogP contribution in [-0.4, -0.2) is 53.7 Å². The molecule has 1 aromatic rings. The molecule has 0 aromatic carbocycles. The first kappa shape index (κ1) is 13.2. The molecule has 0 unspecified atom stereocenters. The average Bonchev–Trinajstić information content (AvgIpc) is 3.31. The fourth-order valence-corrected chi connectivity index (χ4v) is 2.61. The number of nitrogens with two attached hydrogens (primary N) is 1. The number of aromatic nitrogens is 1. The molecule has 0 bridgehead atoms. The molecule has 1 saturated carbocycles. The Morgan fingerprint density at radius 2 is 2.05 bits per heavy atom. The summed E-state index contributed by atoms with van der Waals surface area (Å²) in [7, 11) is 0. The van der Waals surface area contributed by atoms with Crippen LogP contribution in [0.5, 0.6) is 0 Å². The minimum Gasteiger partial charge on any atom is -0.409 e. The van der Waals surface area contributed by atoms with E-state index in [1.54, 1.807) is 6.20 Å². The second kappa shape index (κ2) is 5.66. The maximum atomic E-state index is 8.63. The largest absolute Gasteiger partial charge is 0.409 e. The van der Waals surface area contributed by atoms with Crippen molar-refractivity contribution < 1.29 is 5.21 Å². The maximum Gasteiger partial charge on any atom is 0.171 e. The Morgan fingerprint density at radius 3 is 2.60 bits per heavy atom. The van der Waals surface area contributed by atoms with Crippen molar-refractivity contribution in [2.24, 2.45) is 16.8 Å². The van der Waals surface area contributed by atoms with Crippen LogP contribution >= 0.6 is 0 Å². The Balaban J connectivity index is 1.57. The molecule has 0 atom stereocenters. The fourth-order valence-electron chi connectivity index (χ4n) is 2.61. The Kier molecular flexibility index (Phi) is 3.73. The van der Waals surface area contributed by atoms with Crippen LogP contribution in [0.15, 0.2) is 23.5 Å². The predicted molar refractivity (Wildman–Crippen MR) is 78.1 cm³/mol. The monoisotopic (exact) mass is 275 g/mol. The number of rotatable bonds is 4. The van der Waals surface area contributed by atoms with Gasteiger partial charge < -0.3 is 15.8 Å². The second-order valence-corrected chi connectivity index (χ2v) is 5.62. The van der Waals surface area contributed by atoms with E-state index in [1.807, 2.05) is 12.1 Å². The zero-order chi connectivity index (χ0) is 13.9. The van der Waals surface area contributed by atoms with Gasteiger partial charge >= 0.3 is 0 Å². The van der Waals surface area contributed by atoms with Gasteiger partial charge in [0.1, 0.15) is 5.82 Å². The zero-order valence-electron chi connectivity index (χ0n) is 11.6. The first-order chi connectivity index (χ1) is 9.76. The van der Waals surface area contributed by atoms with E-state index in [1.165, 1.54) is 19.4 Å². The second-order valence-electron chi connectivity index (χ2n) is 5.62. The molecule has 3 N–H and O–H groups in total. The van der Waals surface area contributed by atoms with Crippen molar-refractivity contribution >= 4 is 11.7 Å². The van der Waals surface area contributed by atoms with Crippen molar-refractivity contribution in [1.82, 2.24) is 9.88 Å². The molecule has 2 aliphatic rings. The number of hydrogen-bond donors (Lipinski definition) is 2. The molecule has 6 nitrogen and oxygen atoms in total. The van der Waals surface area contributed by atoms with Crippen molar-refractivity contribution in [2.45, 2.75) is 12.8 Å². The molecule has 20 heavy (non-hydrogen) atoms. The van der Waals surface area contributed by atoms with Gasteiger partial charge in [-0.15, -0.1) is 0 Å². The third-order valence-corrected chi connectivity index (χ3v) is 4.06. The number of oxime groups is 1. The molecule has 6 heteroatoms. The van der Waals surface area contributed by atoms with E-state index in [-0.39, 0.29) is 5.84 Å². The van der Waals surface area contributed by atoms with E-state index in [9.17, 15) is 0 Å². The normalized spacial score (nSPS) is 21.2. The molecule has 0 amide bonds. The quantitative estimate of drug-likeness (QED) is 0.366. The summed E-state index contributed by atoms with van der Waals surface area (Å²) in [6.45, 7) is 5.52. The molecule has 0 radical (unpaired) electrons. The van der Waals surface area contributed by atoms with Crippen LogP contribution in [0.2, 0.25) is 0 Å². The molecule has 1 aliphatic carbocycles. The fraction of sp³-hybridized carbons (Fsp3) is 0.571. The van der Waals surface area contributed by atoms with Crippen molar-refractivity contribution in [2.75, 3.05) is 37.6 Å². The highest BCUT2D eigenvalue weighted by Crippen LogP contribution is 2.30. The average molecular weight is 275 g/mol. The number of amidine groups is 1. The van der Waals surface area contributed by atoms with Crippen LogP contribution in [0.3, 0.4) is 0 Å². The van der Waals surface area contributed by atoms with Gasteiger partial charge in [0.05, 0.1) is 0 Å². The molecule has 1 saturated heterocycles. The van der Waals surface area contributed by atoms with Crippen molar-refractivity contribution in [3.05, 3.63) is 23.9 Å².